The lowest BCUT2D eigenvalue weighted by molar-refractivity contribution is -0.132. The van der Waals surface area contributed by atoms with Crippen molar-refractivity contribution in [2.24, 2.45) is 0 Å². The molecular weight excluding hydrogens is 618 g/mol. The Morgan fingerprint density at radius 3 is 2.25 bits per heavy atom. The number of aliphatic hydroxyl groups is 1. The molecule has 1 heterocycles. The smallest absolute Gasteiger partial charge is 0.260 e. The molecule has 0 radical (unpaired) electrons. The molecule has 3 amide bonds. The molecule has 1 fully saturated rings. The summed E-state index contributed by atoms with van der Waals surface area (Å²) in [4.78, 5) is 43.0. The van der Waals surface area contributed by atoms with E-state index in [0.717, 1.165) is 43.9 Å². The van der Waals surface area contributed by atoms with Gasteiger partial charge in [-0.1, -0.05) is 26.0 Å². The summed E-state index contributed by atoms with van der Waals surface area (Å²) in [5.74, 6) is -1.95. The molecule has 1 aliphatic heterocycles. The van der Waals surface area contributed by atoms with Crippen LogP contribution in [0.2, 0.25) is 0 Å². The molecule has 2 atom stereocenters. The van der Waals surface area contributed by atoms with Crippen molar-refractivity contribution in [1.29, 1.82) is 0 Å². The Hall–Kier alpha value is -4.51. The Labute approximate surface area is 281 Å². The van der Waals surface area contributed by atoms with Crippen LogP contribution in [0.1, 0.15) is 71.4 Å². The lowest BCUT2D eigenvalue weighted by Gasteiger charge is -2.26. The summed E-state index contributed by atoms with van der Waals surface area (Å²) in [6, 6.07) is 14.0. The minimum absolute atomic E-state index is 0.0657. The Kier molecular flexibility index (Phi) is 13.3. The zero-order valence-electron chi connectivity index (χ0n) is 27.9. The fourth-order valence-electron chi connectivity index (χ4n) is 5.89. The first kappa shape index (κ1) is 36.3. The number of nitrogens with zero attached hydrogens (tertiary/aromatic N) is 2. The van der Waals surface area contributed by atoms with Crippen LogP contribution in [0.25, 0.3) is 0 Å². The van der Waals surface area contributed by atoms with E-state index in [1.807, 2.05) is 13.8 Å². The van der Waals surface area contributed by atoms with E-state index >= 15 is 0 Å². The number of carbonyl (C=O) groups excluding carboxylic acids is 3. The number of rotatable bonds is 16. The molecule has 0 spiro atoms. The van der Waals surface area contributed by atoms with Gasteiger partial charge in [-0.15, -0.1) is 0 Å². The van der Waals surface area contributed by atoms with E-state index in [2.05, 4.69) is 10.6 Å². The molecule has 1 aliphatic rings. The fraction of sp³-hybridized carbons (Fsp3) is 0.432. The summed E-state index contributed by atoms with van der Waals surface area (Å²) in [5.41, 5.74) is 2.09. The molecule has 3 aromatic carbocycles. The zero-order chi connectivity index (χ0) is 34.6. The highest BCUT2D eigenvalue weighted by molar-refractivity contribution is 6.00. The van der Waals surface area contributed by atoms with Crippen LogP contribution in [-0.2, 0) is 11.2 Å². The lowest BCUT2D eigenvalue weighted by atomic mass is 9.99. The van der Waals surface area contributed by atoms with E-state index in [1.165, 1.54) is 6.07 Å². The van der Waals surface area contributed by atoms with Gasteiger partial charge in [-0.2, -0.15) is 0 Å². The number of para-hydroxylation sites is 2. The second kappa shape index (κ2) is 17.6. The summed E-state index contributed by atoms with van der Waals surface area (Å²) >= 11 is 0. The summed E-state index contributed by atoms with van der Waals surface area (Å²) in [5, 5.41) is 17.3. The van der Waals surface area contributed by atoms with E-state index in [-0.39, 0.29) is 42.5 Å². The molecule has 9 nitrogen and oxygen atoms in total. The number of carbonyl (C=O) groups is 3. The normalized spacial score (nSPS) is 13.9. The van der Waals surface area contributed by atoms with E-state index < -0.39 is 29.7 Å². The molecule has 3 aromatic rings. The predicted molar refractivity (Wildman–Crippen MR) is 181 cm³/mol. The number of anilines is 1. The van der Waals surface area contributed by atoms with Crippen molar-refractivity contribution in [2.75, 3.05) is 44.6 Å². The number of aryl methyl sites for hydroxylation is 1. The molecule has 4 rings (SSSR count). The van der Waals surface area contributed by atoms with Crippen molar-refractivity contribution in [3.63, 3.8) is 0 Å². The number of benzene rings is 3. The minimum Gasteiger partial charge on any atom is -0.482 e. The molecule has 0 unspecified atom stereocenters. The summed E-state index contributed by atoms with van der Waals surface area (Å²) in [6.07, 6.45) is 2.24. The van der Waals surface area contributed by atoms with Crippen molar-refractivity contribution in [2.45, 2.75) is 65.0 Å². The van der Waals surface area contributed by atoms with Crippen molar-refractivity contribution in [1.82, 2.24) is 15.1 Å². The summed E-state index contributed by atoms with van der Waals surface area (Å²) in [6.45, 7) is 8.22. The van der Waals surface area contributed by atoms with E-state index in [9.17, 15) is 28.3 Å². The van der Waals surface area contributed by atoms with Gasteiger partial charge in [0.1, 0.15) is 17.4 Å². The summed E-state index contributed by atoms with van der Waals surface area (Å²) in [7, 11) is 0. The van der Waals surface area contributed by atoms with Crippen molar-refractivity contribution in [3.8, 4) is 5.75 Å². The standard InChI is InChI=1S/C37H46F2N4O5/c1-4-12-43(13-5-2)37(47)28-17-25(3)16-27(21-28)36(46)41-32(20-26-18-29(38)22-30(39)19-26)33(44)23-40-31-10-6-7-11-34(31)48-24-35(45)42-14-8-9-15-42/h6-7,10-11,16-19,21-22,32-33,40,44H,4-5,8-9,12-15,20,23-24H2,1-3H3,(H,41,46)/t32-,33+/m0/s1. The first-order valence-electron chi connectivity index (χ1n) is 16.7. The van der Waals surface area contributed by atoms with E-state index in [0.29, 0.717) is 48.7 Å². The third-order valence-corrected chi connectivity index (χ3v) is 8.22. The average Bonchev–Trinajstić information content (AvgIpc) is 3.60. The third kappa shape index (κ3) is 10.2. The largest absolute Gasteiger partial charge is 0.482 e. The van der Waals surface area contributed by atoms with Gasteiger partial charge in [0.25, 0.3) is 17.7 Å². The topological polar surface area (TPSA) is 111 Å². The van der Waals surface area contributed by atoms with Crippen LogP contribution < -0.4 is 15.4 Å². The molecule has 3 N–H and O–H groups in total. The number of nitrogens with one attached hydrogen (secondary N) is 2. The van der Waals surface area contributed by atoms with Crippen LogP contribution >= 0.6 is 0 Å². The molecule has 11 heteroatoms. The first-order valence-corrected chi connectivity index (χ1v) is 16.7. The van der Waals surface area contributed by atoms with Crippen LogP contribution in [0, 0.1) is 18.6 Å². The van der Waals surface area contributed by atoms with Gasteiger partial charge in [-0.05, 0) is 92.6 Å². The van der Waals surface area contributed by atoms with E-state index in [4.69, 9.17) is 4.74 Å². The van der Waals surface area contributed by atoms with Gasteiger partial charge in [0.05, 0.1) is 17.8 Å². The summed E-state index contributed by atoms with van der Waals surface area (Å²) < 4.78 is 34.0. The highest BCUT2D eigenvalue weighted by atomic mass is 19.1. The van der Waals surface area contributed by atoms with Crippen molar-refractivity contribution in [3.05, 3.63) is 94.6 Å². The third-order valence-electron chi connectivity index (χ3n) is 8.22. The second-order valence-corrected chi connectivity index (χ2v) is 12.3. The molecule has 0 saturated carbocycles. The van der Waals surface area contributed by atoms with Gasteiger partial charge in [-0.25, -0.2) is 8.78 Å². The van der Waals surface area contributed by atoms with Gasteiger partial charge in [0.2, 0.25) is 0 Å². The number of hydrogen-bond donors (Lipinski definition) is 3. The number of likely N-dealkylation sites (tertiary alicyclic amines) is 1. The number of amides is 3. The SMILES string of the molecule is CCCN(CCC)C(=O)c1cc(C)cc(C(=O)N[C@@H](Cc2cc(F)cc(F)c2)[C@H](O)CNc2ccccc2OCC(=O)N2CCCC2)c1. The fourth-order valence-corrected chi connectivity index (χ4v) is 5.89. The highest BCUT2D eigenvalue weighted by Gasteiger charge is 2.25. The van der Waals surface area contributed by atoms with Crippen LogP contribution in [0.3, 0.4) is 0 Å². The number of ether oxygens (including phenoxy) is 1. The highest BCUT2D eigenvalue weighted by Crippen LogP contribution is 2.24. The number of hydrogen-bond acceptors (Lipinski definition) is 6. The van der Waals surface area contributed by atoms with Gasteiger partial charge in [-0.3, -0.25) is 14.4 Å². The average molecular weight is 665 g/mol. The van der Waals surface area contributed by atoms with Crippen LogP contribution in [-0.4, -0.2) is 84.1 Å². The van der Waals surface area contributed by atoms with Crippen molar-refractivity contribution < 1.29 is 33.0 Å². The van der Waals surface area contributed by atoms with Gasteiger partial charge >= 0.3 is 0 Å². The quantitative estimate of drug-likeness (QED) is 0.191. The Morgan fingerprint density at radius 1 is 0.938 bits per heavy atom. The number of aliphatic hydroxyl groups excluding tert-OH is 1. The Bertz CT molecular complexity index is 1540. The van der Waals surface area contributed by atoms with Crippen molar-refractivity contribution >= 4 is 23.4 Å². The molecule has 0 bridgehead atoms. The van der Waals surface area contributed by atoms with E-state index in [1.54, 1.807) is 53.1 Å². The molecule has 0 aromatic heterocycles. The lowest BCUT2D eigenvalue weighted by Crippen LogP contribution is -2.47. The van der Waals surface area contributed by atoms with Gasteiger partial charge in [0, 0.05) is 49.9 Å². The molecule has 1 saturated heterocycles. The predicted octanol–water partition coefficient (Wildman–Crippen LogP) is 5.35. The monoisotopic (exact) mass is 664 g/mol. The Morgan fingerprint density at radius 2 is 1.58 bits per heavy atom. The van der Waals surface area contributed by atoms with Crippen LogP contribution in [0.4, 0.5) is 14.5 Å². The Balaban J connectivity index is 1.51. The minimum atomic E-state index is -1.23. The molecular formula is C37H46F2N4O5. The maximum atomic E-state index is 14.1. The second-order valence-electron chi connectivity index (χ2n) is 12.3. The maximum Gasteiger partial charge on any atom is 0.260 e. The number of halogens is 2. The van der Waals surface area contributed by atoms with Gasteiger partial charge in [0.15, 0.2) is 6.61 Å². The maximum absolute atomic E-state index is 14.1. The van der Waals surface area contributed by atoms with Crippen LogP contribution in [0.5, 0.6) is 5.75 Å². The first-order chi connectivity index (χ1) is 23.1. The zero-order valence-corrected chi connectivity index (χ0v) is 27.9. The van der Waals surface area contributed by atoms with Gasteiger partial charge < -0.3 is 30.3 Å². The molecule has 0 aliphatic carbocycles. The van der Waals surface area contributed by atoms with Crippen LogP contribution in [0.15, 0.2) is 60.7 Å². The molecule has 48 heavy (non-hydrogen) atoms. The molecule has 258 valence electrons.